The number of ether oxygens (including phenoxy) is 2. The van der Waals surface area contributed by atoms with Crippen molar-refractivity contribution in [2.75, 3.05) is 23.3 Å². The van der Waals surface area contributed by atoms with E-state index in [1.54, 1.807) is 6.07 Å². The van der Waals surface area contributed by atoms with Gasteiger partial charge < -0.3 is 14.8 Å². The van der Waals surface area contributed by atoms with Crippen molar-refractivity contribution >= 4 is 27.3 Å². The third kappa shape index (κ3) is 5.73. The monoisotopic (exact) mass is 484 g/mol. The van der Waals surface area contributed by atoms with E-state index < -0.39 is 21.7 Å². The Morgan fingerprint density at radius 1 is 1.09 bits per heavy atom. The maximum absolute atomic E-state index is 13.8. The molecule has 0 spiro atoms. The average molecular weight is 485 g/mol. The summed E-state index contributed by atoms with van der Waals surface area (Å²) in [4.78, 5) is 12.7. The van der Waals surface area contributed by atoms with Crippen LogP contribution in [0.1, 0.15) is 28.8 Å². The summed E-state index contributed by atoms with van der Waals surface area (Å²) in [5.74, 6) is -0.563. The smallest absolute Gasteiger partial charge is 0.261 e. The lowest BCUT2D eigenvalue weighted by Crippen LogP contribution is -2.18. The standard InChI is InChI=1S/C25H25FN2O5S/c1-17-8-13-23(24(15-17)33-16-19-5-4-14-32-19)27-25(29)18-9-11-20(12-10-18)34(30,31)28-22-7-3-2-6-21(22)26/h2-3,6-13,15,19,28H,4-5,14,16H2,1H3,(H,27,29). The zero-order valence-corrected chi connectivity index (χ0v) is 19.4. The Labute approximate surface area is 198 Å². The van der Waals surface area contributed by atoms with Gasteiger partial charge in [0.15, 0.2) is 0 Å². The molecular formula is C25H25FN2O5S. The van der Waals surface area contributed by atoms with Gasteiger partial charge in [-0.3, -0.25) is 9.52 Å². The SMILES string of the molecule is Cc1ccc(NC(=O)c2ccc(S(=O)(=O)Nc3ccccc3F)cc2)c(OCC2CCCO2)c1. The first-order valence-corrected chi connectivity index (χ1v) is 12.3. The molecule has 3 aromatic rings. The van der Waals surface area contributed by atoms with Crippen molar-refractivity contribution < 1.29 is 27.1 Å². The van der Waals surface area contributed by atoms with Gasteiger partial charge >= 0.3 is 0 Å². The number of rotatable bonds is 8. The van der Waals surface area contributed by atoms with Gasteiger partial charge in [0.05, 0.1) is 22.4 Å². The molecular weight excluding hydrogens is 459 g/mol. The molecule has 178 valence electrons. The van der Waals surface area contributed by atoms with Gasteiger partial charge in [-0.15, -0.1) is 0 Å². The number of aryl methyl sites for hydroxylation is 1. The number of carbonyl (C=O) groups is 1. The Kier molecular flexibility index (Phi) is 7.14. The first kappa shape index (κ1) is 23.7. The lowest BCUT2D eigenvalue weighted by atomic mass is 10.1. The van der Waals surface area contributed by atoms with Crippen molar-refractivity contribution in [1.82, 2.24) is 0 Å². The highest BCUT2D eigenvalue weighted by atomic mass is 32.2. The van der Waals surface area contributed by atoms with Gasteiger partial charge in [-0.1, -0.05) is 18.2 Å². The van der Waals surface area contributed by atoms with Crippen molar-refractivity contribution in [2.24, 2.45) is 0 Å². The van der Waals surface area contributed by atoms with E-state index in [1.807, 2.05) is 19.1 Å². The Hall–Kier alpha value is -3.43. The molecule has 9 heteroatoms. The maximum atomic E-state index is 13.8. The van der Waals surface area contributed by atoms with Crippen LogP contribution >= 0.6 is 0 Å². The second kappa shape index (κ2) is 10.2. The van der Waals surface area contributed by atoms with Crippen LogP contribution in [-0.2, 0) is 14.8 Å². The molecule has 1 saturated heterocycles. The van der Waals surface area contributed by atoms with E-state index in [9.17, 15) is 17.6 Å². The second-order valence-corrected chi connectivity index (χ2v) is 9.69. The maximum Gasteiger partial charge on any atom is 0.261 e. The Balaban J connectivity index is 1.45. The molecule has 0 aliphatic carbocycles. The molecule has 0 saturated carbocycles. The van der Waals surface area contributed by atoms with Gasteiger partial charge in [0.1, 0.15) is 18.2 Å². The molecule has 3 aromatic carbocycles. The summed E-state index contributed by atoms with van der Waals surface area (Å²) in [6.07, 6.45) is 1.98. The Morgan fingerprint density at radius 2 is 1.85 bits per heavy atom. The Bertz CT molecular complexity index is 1270. The van der Waals surface area contributed by atoms with E-state index in [-0.39, 0.29) is 22.3 Å². The molecule has 7 nitrogen and oxygen atoms in total. The summed E-state index contributed by atoms with van der Waals surface area (Å²) >= 11 is 0. The third-order valence-corrected chi connectivity index (χ3v) is 6.76. The van der Waals surface area contributed by atoms with Crippen LogP contribution < -0.4 is 14.8 Å². The number of anilines is 2. The number of para-hydroxylation sites is 1. The minimum atomic E-state index is -4.02. The average Bonchev–Trinajstić information content (AvgIpc) is 3.34. The number of carbonyl (C=O) groups excluding carboxylic acids is 1. The van der Waals surface area contributed by atoms with Gasteiger partial charge in [-0.25, -0.2) is 12.8 Å². The van der Waals surface area contributed by atoms with E-state index >= 15 is 0 Å². The van der Waals surface area contributed by atoms with Crippen molar-refractivity contribution in [1.29, 1.82) is 0 Å². The number of sulfonamides is 1. The Morgan fingerprint density at radius 3 is 2.56 bits per heavy atom. The quantitative estimate of drug-likeness (QED) is 0.482. The summed E-state index contributed by atoms with van der Waals surface area (Å²) in [6, 6.07) is 16.3. The van der Waals surface area contributed by atoms with Crippen LogP contribution in [0.25, 0.3) is 0 Å². The number of nitrogens with one attached hydrogen (secondary N) is 2. The van der Waals surface area contributed by atoms with Gasteiger partial charge in [-0.2, -0.15) is 0 Å². The minimum absolute atomic E-state index is 0.0385. The van der Waals surface area contributed by atoms with E-state index in [0.717, 1.165) is 31.1 Å². The molecule has 0 radical (unpaired) electrons. The summed E-state index contributed by atoms with van der Waals surface area (Å²) < 4.78 is 52.7. The summed E-state index contributed by atoms with van der Waals surface area (Å²) in [5.41, 5.74) is 1.60. The highest BCUT2D eigenvalue weighted by Crippen LogP contribution is 2.28. The topological polar surface area (TPSA) is 93.7 Å². The zero-order valence-electron chi connectivity index (χ0n) is 18.6. The largest absolute Gasteiger partial charge is 0.489 e. The number of halogens is 1. The second-order valence-electron chi connectivity index (χ2n) is 8.01. The number of hydrogen-bond acceptors (Lipinski definition) is 5. The summed E-state index contributed by atoms with van der Waals surface area (Å²) in [5, 5.41) is 2.82. The van der Waals surface area contributed by atoms with E-state index in [0.29, 0.717) is 18.0 Å². The fraction of sp³-hybridized carbons (Fsp3) is 0.240. The number of amides is 1. The third-order valence-electron chi connectivity index (χ3n) is 5.38. The molecule has 1 aliphatic rings. The van der Waals surface area contributed by atoms with E-state index in [2.05, 4.69) is 10.0 Å². The molecule has 4 rings (SSSR count). The molecule has 0 aromatic heterocycles. The minimum Gasteiger partial charge on any atom is -0.489 e. The van der Waals surface area contributed by atoms with Gasteiger partial charge in [0.2, 0.25) is 0 Å². The van der Waals surface area contributed by atoms with Crippen molar-refractivity contribution in [3.63, 3.8) is 0 Å². The molecule has 1 heterocycles. The van der Waals surface area contributed by atoms with Crippen LogP contribution in [0.15, 0.2) is 71.6 Å². The molecule has 1 amide bonds. The lowest BCUT2D eigenvalue weighted by Gasteiger charge is -2.16. The molecule has 1 aliphatic heterocycles. The first-order valence-electron chi connectivity index (χ1n) is 10.9. The van der Waals surface area contributed by atoms with Crippen LogP contribution in [0.4, 0.5) is 15.8 Å². The van der Waals surface area contributed by atoms with Crippen LogP contribution in [0.3, 0.4) is 0 Å². The molecule has 2 N–H and O–H groups in total. The highest BCUT2D eigenvalue weighted by molar-refractivity contribution is 7.92. The van der Waals surface area contributed by atoms with Crippen molar-refractivity contribution in [3.05, 3.63) is 83.7 Å². The van der Waals surface area contributed by atoms with E-state index in [1.165, 1.54) is 42.5 Å². The number of benzene rings is 3. The van der Waals surface area contributed by atoms with E-state index in [4.69, 9.17) is 9.47 Å². The van der Waals surface area contributed by atoms with Gasteiger partial charge in [0, 0.05) is 12.2 Å². The first-order chi connectivity index (χ1) is 16.3. The van der Waals surface area contributed by atoms with Crippen LogP contribution in [0.5, 0.6) is 5.75 Å². The lowest BCUT2D eigenvalue weighted by molar-refractivity contribution is 0.0681. The highest BCUT2D eigenvalue weighted by Gasteiger charge is 2.19. The van der Waals surface area contributed by atoms with Crippen LogP contribution in [0.2, 0.25) is 0 Å². The van der Waals surface area contributed by atoms with Crippen molar-refractivity contribution in [3.8, 4) is 5.75 Å². The molecule has 1 unspecified atom stereocenters. The fourth-order valence-electron chi connectivity index (χ4n) is 3.54. The number of hydrogen-bond donors (Lipinski definition) is 2. The molecule has 1 fully saturated rings. The van der Waals surface area contributed by atoms with Crippen LogP contribution in [-0.4, -0.2) is 33.6 Å². The fourth-order valence-corrected chi connectivity index (χ4v) is 4.61. The van der Waals surface area contributed by atoms with Gasteiger partial charge in [0.25, 0.3) is 15.9 Å². The summed E-state index contributed by atoms with van der Waals surface area (Å²) in [6.45, 7) is 3.06. The normalized spacial score (nSPS) is 15.6. The van der Waals surface area contributed by atoms with Gasteiger partial charge in [-0.05, 0) is 73.9 Å². The zero-order chi connectivity index (χ0) is 24.1. The molecule has 34 heavy (non-hydrogen) atoms. The van der Waals surface area contributed by atoms with Crippen LogP contribution in [0, 0.1) is 12.7 Å². The molecule has 0 bridgehead atoms. The predicted molar refractivity (Wildman–Crippen MR) is 127 cm³/mol. The van der Waals surface area contributed by atoms with Crippen molar-refractivity contribution in [2.45, 2.75) is 30.8 Å². The molecule has 1 atom stereocenters. The summed E-state index contributed by atoms with van der Waals surface area (Å²) in [7, 11) is -4.02. The predicted octanol–water partition coefficient (Wildman–Crippen LogP) is 4.75.